The minimum atomic E-state index is -0.261. The monoisotopic (exact) mass is 309 g/mol. The first-order valence-electron chi connectivity index (χ1n) is 8.56. The molecule has 2 N–H and O–H groups in total. The number of piperidine rings is 2. The first kappa shape index (κ1) is 17.3. The molecule has 2 rings (SSSR count). The molecule has 2 aliphatic heterocycles. The van der Waals surface area contributed by atoms with Crippen LogP contribution in [0.2, 0.25) is 0 Å². The molecule has 0 aromatic rings. The van der Waals surface area contributed by atoms with Crippen molar-refractivity contribution in [3.05, 3.63) is 12.2 Å². The average molecular weight is 309 g/mol. The molecule has 1 unspecified atom stereocenters. The van der Waals surface area contributed by atoms with E-state index in [0.717, 1.165) is 58.4 Å². The highest BCUT2D eigenvalue weighted by atomic mass is 16.3. The quantitative estimate of drug-likeness (QED) is 0.779. The Labute approximate surface area is 134 Å². The Morgan fingerprint density at radius 3 is 2.32 bits per heavy atom. The van der Waals surface area contributed by atoms with Gasteiger partial charge >= 0.3 is 6.03 Å². The molecule has 0 aromatic carbocycles. The van der Waals surface area contributed by atoms with Crippen molar-refractivity contribution in [1.29, 1.82) is 0 Å². The van der Waals surface area contributed by atoms with E-state index in [-0.39, 0.29) is 12.1 Å². The van der Waals surface area contributed by atoms with Gasteiger partial charge in [0.1, 0.15) is 0 Å². The molecule has 0 radical (unpaired) electrons. The Hall–Kier alpha value is -1.07. The van der Waals surface area contributed by atoms with E-state index in [1.807, 2.05) is 11.8 Å². The molecule has 22 heavy (non-hydrogen) atoms. The van der Waals surface area contributed by atoms with E-state index < -0.39 is 0 Å². The van der Waals surface area contributed by atoms with Gasteiger partial charge in [0.25, 0.3) is 0 Å². The fraction of sp³-hybridized carbons (Fsp3) is 0.824. The summed E-state index contributed by atoms with van der Waals surface area (Å²) in [6.45, 7) is 12.4. The van der Waals surface area contributed by atoms with Crippen LogP contribution < -0.4 is 5.32 Å². The molecule has 2 fully saturated rings. The normalized spacial score (nSPS) is 23.3. The zero-order chi connectivity index (χ0) is 16.1. The SMILES string of the molecule is C=C(C)CN1CCC(NC(=O)N2CCC(C(C)O)CC2)CC1. The van der Waals surface area contributed by atoms with Gasteiger partial charge in [0.05, 0.1) is 6.10 Å². The lowest BCUT2D eigenvalue weighted by atomic mass is 9.92. The van der Waals surface area contributed by atoms with Crippen LogP contribution in [-0.4, -0.2) is 65.8 Å². The molecule has 2 heterocycles. The molecule has 2 aliphatic rings. The van der Waals surface area contributed by atoms with Gasteiger partial charge < -0.3 is 15.3 Å². The predicted molar refractivity (Wildman–Crippen MR) is 88.8 cm³/mol. The molecular formula is C17H31N3O2. The van der Waals surface area contributed by atoms with Crippen LogP contribution in [0.4, 0.5) is 4.79 Å². The summed E-state index contributed by atoms with van der Waals surface area (Å²) in [5.74, 6) is 0.342. The summed E-state index contributed by atoms with van der Waals surface area (Å²) in [7, 11) is 0. The number of amides is 2. The van der Waals surface area contributed by atoms with Gasteiger partial charge in [-0.3, -0.25) is 4.90 Å². The van der Waals surface area contributed by atoms with Crippen LogP contribution in [0.3, 0.4) is 0 Å². The zero-order valence-corrected chi connectivity index (χ0v) is 14.1. The number of aliphatic hydroxyl groups excluding tert-OH is 1. The number of carbonyl (C=O) groups is 1. The van der Waals surface area contributed by atoms with Crippen molar-refractivity contribution in [2.45, 2.75) is 51.7 Å². The third-order valence-electron chi connectivity index (χ3n) is 4.92. The number of urea groups is 1. The predicted octanol–water partition coefficient (Wildman–Crippen LogP) is 1.83. The molecule has 2 saturated heterocycles. The maximum atomic E-state index is 12.3. The Balaban J connectivity index is 1.69. The summed E-state index contributed by atoms with van der Waals surface area (Å²) < 4.78 is 0. The molecule has 126 valence electrons. The Morgan fingerprint density at radius 1 is 1.23 bits per heavy atom. The van der Waals surface area contributed by atoms with Crippen LogP contribution in [0.25, 0.3) is 0 Å². The lowest BCUT2D eigenvalue weighted by molar-refractivity contribution is 0.0786. The topological polar surface area (TPSA) is 55.8 Å². The Kier molecular flexibility index (Phi) is 6.26. The molecule has 0 spiro atoms. The first-order valence-corrected chi connectivity index (χ1v) is 8.56. The molecular weight excluding hydrogens is 278 g/mol. The van der Waals surface area contributed by atoms with E-state index in [1.165, 1.54) is 5.57 Å². The van der Waals surface area contributed by atoms with Crippen LogP contribution in [-0.2, 0) is 0 Å². The van der Waals surface area contributed by atoms with Gasteiger partial charge in [0.15, 0.2) is 0 Å². The highest BCUT2D eigenvalue weighted by Gasteiger charge is 2.27. The minimum absolute atomic E-state index is 0.0717. The van der Waals surface area contributed by atoms with Gasteiger partial charge in [0, 0.05) is 38.8 Å². The maximum absolute atomic E-state index is 12.3. The van der Waals surface area contributed by atoms with E-state index in [2.05, 4.69) is 23.7 Å². The lowest BCUT2D eigenvalue weighted by Crippen LogP contribution is -2.51. The fourth-order valence-corrected chi connectivity index (χ4v) is 3.47. The van der Waals surface area contributed by atoms with Gasteiger partial charge in [-0.05, 0) is 45.4 Å². The largest absolute Gasteiger partial charge is 0.393 e. The van der Waals surface area contributed by atoms with Gasteiger partial charge in [-0.25, -0.2) is 4.79 Å². The van der Waals surface area contributed by atoms with Crippen molar-refractivity contribution in [3.63, 3.8) is 0 Å². The fourth-order valence-electron chi connectivity index (χ4n) is 3.47. The summed E-state index contributed by atoms with van der Waals surface area (Å²) in [5.41, 5.74) is 1.20. The smallest absolute Gasteiger partial charge is 0.317 e. The standard InChI is InChI=1S/C17H31N3O2/c1-13(2)12-19-8-6-16(7-9-19)18-17(22)20-10-4-15(5-11-20)14(3)21/h14-16,21H,1,4-12H2,2-3H3,(H,18,22). The number of carbonyl (C=O) groups excluding carboxylic acids is 1. The molecule has 2 amide bonds. The summed E-state index contributed by atoms with van der Waals surface area (Å²) in [6.07, 6.45) is 3.58. The second-order valence-corrected chi connectivity index (χ2v) is 7.02. The third kappa shape index (κ3) is 4.99. The Morgan fingerprint density at radius 2 is 1.82 bits per heavy atom. The van der Waals surface area contributed by atoms with Crippen molar-refractivity contribution in [2.24, 2.45) is 5.92 Å². The zero-order valence-electron chi connectivity index (χ0n) is 14.1. The van der Waals surface area contributed by atoms with Crippen LogP contribution in [0, 0.1) is 5.92 Å². The lowest BCUT2D eigenvalue weighted by Gasteiger charge is -2.36. The Bertz CT molecular complexity index is 381. The van der Waals surface area contributed by atoms with E-state index in [1.54, 1.807) is 0 Å². The van der Waals surface area contributed by atoms with Crippen molar-refractivity contribution in [2.75, 3.05) is 32.7 Å². The highest BCUT2D eigenvalue weighted by molar-refractivity contribution is 5.74. The number of likely N-dealkylation sites (tertiary alicyclic amines) is 2. The van der Waals surface area contributed by atoms with Crippen LogP contribution >= 0.6 is 0 Å². The van der Waals surface area contributed by atoms with Gasteiger partial charge in [-0.1, -0.05) is 12.2 Å². The molecule has 0 aromatic heterocycles. The summed E-state index contributed by atoms with van der Waals surface area (Å²) in [4.78, 5) is 16.6. The van der Waals surface area contributed by atoms with Crippen LogP contribution in [0.1, 0.15) is 39.5 Å². The second kappa shape index (κ2) is 7.97. The summed E-state index contributed by atoms with van der Waals surface area (Å²) in [6, 6.07) is 0.366. The van der Waals surface area contributed by atoms with E-state index >= 15 is 0 Å². The molecule has 0 aliphatic carbocycles. The van der Waals surface area contributed by atoms with Gasteiger partial charge in [0.2, 0.25) is 0 Å². The van der Waals surface area contributed by atoms with Crippen molar-refractivity contribution in [1.82, 2.24) is 15.1 Å². The summed E-state index contributed by atoms with van der Waals surface area (Å²) in [5, 5.41) is 12.8. The maximum Gasteiger partial charge on any atom is 0.317 e. The average Bonchev–Trinajstić information content (AvgIpc) is 2.49. The van der Waals surface area contributed by atoms with Gasteiger partial charge in [-0.15, -0.1) is 0 Å². The molecule has 5 heteroatoms. The second-order valence-electron chi connectivity index (χ2n) is 7.02. The number of nitrogens with one attached hydrogen (secondary N) is 1. The third-order valence-corrected chi connectivity index (χ3v) is 4.92. The van der Waals surface area contributed by atoms with Gasteiger partial charge in [-0.2, -0.15) is 0 Å². The summed E-state index contributed by atoms with van der Waals surface area (Å²) >= 11 is 0. The molecule has 5 nitrogen and oxygen atoms in total. The van der Waals surface area contributed by atoms with Crippen LogP contribution in [0.15, 0.2) is 12.2 Å². The number of nitrogens with zero attached hydrogens (tertiary/aromatic N) is 2. The van der Waals surface area contributed by atoms with E-state index in [4.69, 9.17) is 0 Å². The molecule has 1 atom stereocenters. The van der Waals surface area contributed by atoms with Crippen molar-refractivity contribution in [3.8, 4) is 0 Å². The molecule has 0 saturated carbocycles. The highest BCUT2D eigenvalue weighted by Crippen LogP contribution is 2.21. The number of rotatable bonds is 4. The van der Waals surface area contributed by atoms with Crippen molar-refractivity contribution < 1.29 is 9.90 Å². The van der Waals surface area contributed by atoms with E-state index in [9.17, 15) is 9.90 Å². The first-order chi connectivity index (χ1) is 10.5. The number of hydrogen-bond donors (Lipinski definition) is 2. The number of hydrogen-bond acceptors (Lipinski definition) is 3. The van der Waals surface area contributed by atoms with Crippen LogP contribution in [0.5, 0.6) is 0 Å². The molecule has 0 bridgehead atoms. The van der Waals surface area contributed by atoms with E-state index in [0.29, 0.717) is 12.0 Å². The van der Waals surface area contributed by atoms with Crippen molar-refractivity contribution >= 4 is 6.03 Å². The number of aliphatic hydroxyl groups is 1. The minimum Gasteiger partial charge on any atom is -0.393 e.